The minimum Gasteiger partial charge on any atom is -0.378 e. The Labute approximate surface area is 182 Å². The molecule has 31 heavy (non-hydrogen) atoms. The van der Waals surface area contributed by atoms with Crippen LogP contribution in [0.1, 0.15) is 22.9 Å². The summed E-state index contributed by atoms with van der Waals surface area (Å²) < 4.78 is 7.07. The van der Waals surface area contributed by atoms with Crippen molar-refractivity contribution in [3.8, 4) is 11.1 Å². The van der Waals surface area contributed by atoms with Gasteiger partial charge in [0.2, 0.25) is 0 Å². The lowest BCUT2D eigenvalue weighted by atomic mass is 9.98. The number of rotatable bonds is 5. The first-order valence-corrected chi connectivity index (χ1v) is 10.6. The third-order valence-electron chi connectivity index (χ3n) is 5.73. The summed E-state index contributed by atoms with van der Waals surface area (Å²) in [4.78, 5) is 14.9. The highest BCUT2D eigenvalue weighted by molar-refractivity contribution is 5.71. The highest BCUT2D eigenvalue weighted by atomic mass is 16.5. The van der Waals surface area contributed by atoms with E-state index in [1.54, 1.807) is 11.6 Å². The Kier molecular flexibility index (Phi) is 6.11. The summed E-state index contributed by atoms with van der Waals surface area (Å²) in [6, 6.07) is 15.8. The maximum absolute atomic E-state index is 12.8. The van der Waals surface area contributed by atoms with Crippen LogP contribution < -0.4 is 15.8 Å². The van der Waals surface area contributed by atoms with Crippen molar-refractivity contribution in [1.29, 1.82) is 0 Å². The van der Waals surface area contributed by atoms with Gasteiger partial charge in [0.25, 0.3) is 5.56 Å². The van der Waals surface area contributed by atoms with Gasteiger partial charge < -0.3 is 24.6 Å². The molecule has 6 heteroatoms. The highest BCUT2D eigenvalue weighted by Gasteiger charge is 2.18. The summed E-state index contributed by atoms with van der Waals surface area (Å²) in [6.45, 7) is 6.72. The second-order valence-electron chi connectivity index (χ2n) is 8.12. The van der Waals surface area contributed by atoms with Crippen molar-refractivity contribution < 1.29 is 9.84 Å². The summed E-state index contributed by atoms with van der Waals surface area (Å²) in [5.74, 6) is 0. The molecule has 2 aromatic carbocycles. The first-order chi connectivity index (χ1) is 14.9. The lowest BCUT2D eigenvalue weighted by Crippen LogP contribution is -2.40. The van der Waals surface area contributed by atoms with Crippen LogP contribution in [0.5, 0.6) is 0 Å². The van der Waals surface area contributed by atoms with Crippen molar-refractivity contribution in [2.45, 2.75) is 20.1 Å². The van der Waals surface area contributed by atoms with E-state index in [-0.39, 0.29) is 5.56 Å². The number of nitrogens with zero attached hydrogens (tertiary/aromatic N) is 2. The third-order valence-corrected chi connectivity index (χ3v) is 5.73. The maximum Gasteiger partial charge on any atom is 0.273 e. The van der Waals surface area contributed by atoms with Crippen molar-refractivity contribution in [3.63, 3.8) is 0 Å². The molecular weight excluding hydrogens is 390 g/mol. The smallest absolute Gasteiger partial charge is 0.273 e. The molecule has 1 fully saturated rings. The summed E-state index contributed by atoms with van der Waals surface area (Å²) in [6.07, 6.45) is 1.02. The molecule has 3 aromatic rings. The highest BCUT2D eigenvalue weighted by Crippen LogP contribution is 2.29. The van der Waals surface area contributed by atoms with E-state index >= 15 is 0 Å². The molecule has 4 rings (SSSR count). The van der Waals surface area contributed by atoms with E-state index in [1.165, 1.54) is 0 Å². The second-order valence-corrected chi connectivity index (χ2v) is 8.12. The van der Waals surface area contributed by atoms with Crippen molar-refractivity contribution in [1.82, 2.24) is 4.57 Å². The van der Waals surface area contributed by atoms with Crippen LogP contribution in [-0.2, 0) is 11.8 Å². The van der Waals surface area contributed by atoms with Gasteiger partial charge in [0.1, 0.15) is 5.69 Å². The minimum atomic E-state index is -0.840. The van der Waals surface area contributed by atoms with Crippen molar-refractivity contribution in [3.05, 3.63) is 81.8 Å². The monoisotopic (exact) mass is 419 g/mol. The van der Waals surface area contributed by atoms with E-state index in [0.717, 1.165) is 33.5 Å². The molecule has 1 atom stereocenters. The number of benzene rings is 2. The molecule has 1 aliphatic heterocycles. The van der Waals surface area contributed by atoms with Crippen LogP contribution in [0.2, 0.25) is 0 Å². The summed E-state index contributed by atoms with van der Waals surface area (Å²) in [7, 11) is 1.78. The first-order valence-electron chi connectivity index (χ1n) is 10.6. The van der Waals surface area contributed by atoms with Gasteiger partial charge in [-0.2, -0.15) is 0 Å². The van der Waals surface area contributed by atoms with Crippen LogP contribution in [0.15, 0.2) is 59.5 Å². The Morgan fingerprint density at radius 1 is 1.06 bits per heavy atom. The second kappa shape index (κ2) is 8.96. The van der Waals surface area contributed by atoms with E-state index in [0.29, 0.717) is 32.0 Å². The van der Waals surface area contributed by atoms with E-state index < -0.39 is 6.23 Å². The molecule has 162 valence electrons. The van der Waals surface area contributed by atoms with Gasteiger partial charge in [0, 0.05) is 43.1 Å². The first kappa shape index (κ1) is 21.2. The number of morpholine rings is 1. The molecule has 0 saturated carbocycles. The molecule has 6 nitrogen and oxygen atoms in total. The zero-order chi connectivity index (χ0) is 22.0. The standard InChI is InChI=1S/C25H29N3O3/c1-17-5-4-6-21(13-17)26-24(29)19-8-7-18(2)22(14-19)20-15-23(25(30)27(3)16-20)28-9-11-31-12-10-28/h4-8,13-16,24,26,29H,9-12H2,1-3H3. The van der Waals surface area contributed by atoms with Gasteiger partial charge in [-0.05, 0) is 54.8 Å². The number of aliphatic hydroxyl groups is 1. The number of ether oxygens (including phenoxy) is 1. The fraction of sp³-hybridized carbons (Fsp3) is 0.320. The fourth-order valence-corrected chi connectivity index (χ4v) is 3.97. The number of hydrogen-bond acceptors (Lipinski definition) is 5. The van der Waals surface area contributed by atoms with Crippen LogP contribution in [-0.4, -0.2) is 36.0 Å². The Hall–Kier alpha value is -3.09. The van der Waals surface area contributed by atoms with Gasteiger partial charge in [-0.15, -0.1) is 0 Å². The van der Waals surface area contributed by atoms with Crippen LogP contribution in [0.3, 0.4) is 0 Å². The zero-order valence-corrected chi connectivity index (χ0v) is 18.3. The number of nitrogens with one attached hydrogen (secondary N) is 1. The Bertz CT molecular complexity index is 1130. The predicted octanol–water partition coefficient (Wildman–Crippen LogP) is 3.61. The predicted molar refractivity (Wildman–Crippen MR) is 125 cm³/mol. The van der Waals surface area contributed by atoms with Crippen molar-refractivity contribution in [2.75, 3.05) is 36.5 Å². The number of aryl methyl sites for hydroxylation is 3. The molecule has 1 saturated heterocycles. The van der Waals surface area contributed by atoms with Crippen LogP contribution >= 0.6 is 0 Å². The normalized spacial score (nSPS) is 15.0. The summed E-state index contributed by atoms with van der Waals surface area (Å²) in [5, 5.41) is 14.0. The zero-order valence-electron chi connectivity index (χ0n) is 18.3. The summed E-state index contributed by atoms with van der Waals surface area (Å²) in [5.41, 5.74) is 6.46. The Balaban J connectivity index is 1.68. The molecule has 1 aromatic heterocycles. The molecule has 0 radical (unpaired) electrons. The van der Waals surface area contributed by atoms with Gasteiger partial charge in [-0.1, -0.05) is 24.3 Å². The topological polar surface area (TPSA) is 66.7 Å². The number of aromatic nitrogens is 1. The third kappa shape index (κ3) is 4.65. The molecule has 0 amide bonds. The molecule has 2 N–H and O–H groups in total. The average molecular weight is 420 g/mol. The number of aliphatic hydroxyl groups excluding tert-OH is 1. The van der Waals surface area contributed by atoms with E-state index in [2.05, 4.69) is 10.2 Å². The lowest BCUT2D eigenvalue weighted by molar-refractivity contribution is 0.122. The van der Waals surface area contributed by atoms with E-state index in [4.69, 9.17) is 4.74 Å². The Morgan fingerprint density at radius 3 is 2.58 bits per heavy atom. The molecule has 0 aliphatic carbocycles. The van der Waals surface area contributed by atoms with Gasteiger partial charge in [-0.25, -0.2) is 0 Å². The van der Waals surface area contributed by atoms with Crippen LogP contribution in [0, 0.1) is 13.8 Å². The quantitative estimate of drug-likeness (QED) is 0.619. The van der Waals surface area contributed by atoms with Crippen molar-refractivity contribution in [2.24, 2.45) is 7.05 Å². The number of hydrogen-bond donors (Lipinski definition) is 2. The average Bonchev–Trinajstić information content (AvgIpc) is 2.76. The largest absolute Gasteiger partial charge is 0.378 e. The molecule has 1 aliphatic rings. The van der Waals surface area contributed by atoms with E-state index in [1.807, 2.05) is 68.6 Å². The van der Waals surface area contributed by atoms with Crippen molar-refractivity contribution >= 4 is 11.4 Å². The molecular formula is C25H29N3O3. The number of anilines is 2. The summed E-state index contributed by atoms with van der Waals surface area (Å²) >= 11 is 0. The minimum absolute atomic E-state index is 0.0133. The molecule has 0 bridgehead atoms. The molecule has 2 heterocycles. The lowest BCUT2D eigenvalue weighted by Gasteiger charge is -2.29. The van der Waals surface area contributed by atoms with Crippen LogP contribution in [0.25, 0.3) is 11.1 Å². The maximum atomic E-state index is 12.8. The Morgan fingerprint density at radius 2 is 1.84 bits per heavy atom. The van der Waals surface area contributed by atoms with Crippen LogP contribution in [0.4, 0.5) is 11.4 Å². The van der Waals surface area contributed by atoms with E-state index in [9.17, 15) is 9.90 Å². The van der Waals surface area contributed by atoms with Gasteiger partial charge in [0.15, 0.2) is 6.23 Å². The number of pyridine rings is 1. The fourth-order valence-electron chi connectivity index (χ4n) is 3.97. The molecule has 0 spiro atoms. The van der Waals surface area contributed by atoms with Gasteiger partial charge in [0.05, 0.1) is 13.2 Å². The van der Waals surface area contributed by atoms with Gasteiger partial charge in [-0.3, -0.25) is 4.79 Å². The van der Waals surface area contributed by atoms with Gasteiger partial charge >= 0.3 is 0 Å². The SMILES string of the molecule is Cc1cccc(NC(O)c2ccc(C)c(-c3cc(N4CCOCC4)c(=O)n(C)c3)c2)c1. The molecule has 1 unspecified atom stereocenters.